The Morgan fingerprint density at radius 3 is 2.56 bits per heavy atom. The minimum Gasteiger partial charge on any atom is -0.354 e. The molecule has 2 rings (SSSR count). The summed E-state index contributed by atoms with van der Waals surface area (Å²) in [6, 6.07) is 11.0. The van der Waals surface area contributed by atoms with E-state index in [0.29, 0.717) is 24.5 Å². The highest BCUT2D eigenvalue weighted by Gasteiger charge is 2.22. The van der Waals surface area contributed by atoms with Crippen LogP contribution in [0, 0.1) is 5.92 Å². The van der Waals surface area contributed by atoms with Crippen molar-refractivity contribution in [2.24, 2.45) is 10.9 Å². The third-order valence-electron chi connectivity index (χ3n) is 4.96. The Bertz CT molecular complexity index is 550. The summed E-state index contributed by atoms with van der Waals surface area (Å²) in [6.45, 7) is 6.24. The fraction of sp³-hybridized carbons (Fsp3) is 0.600. The predicted molar refractivity (Wildman–Crippen MR) is 104 cm³/mol. The number of carbonyl (C=O) groups is 1. The summed E-state index contributed by atoms with van der Waals surface area (Å²) < 4.78 is 0. The van der Waals surface area contributed by atoms with E-state index < -0.39 is 0 Å². The van der Waals surface area contributed by atoms with Gasteiger partial charge in [0, 0.05) is 26.2 Å². The second-order valence-corrected chi connectivity index (χ2v) is 6.89. The van der Waals surface area contributed by atoms with Crippen LogP contribution < -0.4 is 10.6 Å². The molecular weight excluding hydrogens is 312 g/mol. The lowest BCUT2D eigenvalue weighted by atomic mass is 9.90. The van der Waals surface area contributed by atoms with E-state index in [9.17, 15) is 4.79 Å². The molecule has 1 aromatic carbocycles. The van der Waals surface area contributed by atoms with E-state index in [1.54, 1.807) is 7.05 Å². The second kappa shape index (κ2) is 10.1. The van der Waals surface area contributed by atoms with Gasteiger partial charge in [0.15, 0.2) is 5.96 Å². The SMILES string of the molecule is CCC(C)NC(=NC)NCC(=O)N1CCC(Cc2ccccc2)CC1. The fourth-order valence-electron chi connectivity index (χ4n) is 3.14. The maximum Gasteiger partial charge on any atom is 0.241 e. The number of hydrogen-bond donors (Lipinski definition) is 2. The van der Waals surface area contributed by atoms with E-state index in [-0.39, 0.29) is 5.91 Å². The van der Waals surface area contributed by atoms with E-state index >= 15 is 0 Å². The Morgan fingerprint density at radius 2 is 1.96 bits per heavy atom. The van der Waals surface area contributed by atoms with Gasteiger partial charge in [-0.15, -0.1) is 0 Å². The minimum atomic E-state index is 0.158. The van der Waals surface area contributed by atoms with Crippen LogP contribution in [0.2, 0.25) is 0 Å². The Labute approximate surface area is 151 Å². The van der Waals surface area contributed by atoms with E-state index in [1.165, 1.54) is 5.56 Å². The van der Waals surface area contributed by atoms with Crippen molar-refractivity contribution in [2.45, 2.75) is 45.6 Å². The number of nitrogens with one attached hydrogen (secondary N) is 2. The van der Waals surface area contributed by atoms with Crippen molar-refractivity contribution < 1.29 is 4.79 Å². The molecule has 1 aliphatic heterocycles. The van der Waals surface area contributed by atoms with Gasteiger partial charge < -0.3 is 15.5 Å². The lowest BCUT2D eigenvalue weighted by molar-refractivity contribution is -0.131. The summed E-state index contributed by atoms with van der Waals surface area (Å²) in [7, 11) is 1.73. The molecule has 0 spiro atoms. The van der Waals surface area contributed by atoms with Crippen molar-refractivity contribution >= 4 is 11.9 Å². The summed E-state index contributed by atoms with van der Waals surface area (Å²) in [5.41, 5.74) is 1.40. The predicted octanol–water partition coefficient (Wildman–Crippen LogP) is 2.43. The number of hydrogen-bond acceptors (Lipinski definition) is 2. The topological polar surface area (TPSA) is 56.7 Å². The lowest BCUT2D eigenvalue weighted by Crippen LogP contribution is -2.48. The van der Waals surface area contributed by atoms with Crippen LogP contribution in [0.5, 0.6) is 0 Å². The van der Waals surface area contributed by atoms with Crippen LogP contribution in [0.1, 0.15) is 38.7 Å². The molecule has 5 nitrogen and oxygen atoms in total. The Hall–Kier alpha value is -2.04. The summed E-state index contributed by atoms with van der Waals surface area (Å²) in [5, 5.41) is 6.41. The van der Waals surface area contributed by atoms with Gasteiger partial charge in [-0.1, -0.05) is 37.3 Å². The van der Waals surface area contributed by atoms with Gasteiger partial charge in [0.2, 0.25) is 5.91 Å². The number of benzene rings is 1. The molecule has 25 heavy (non-hydrogen) atoms. The zero-order chi connectivity index (χ0) is 18.1. The van der Waals surface area contributed by atoms with Crippen LogP contribution in [0.25, 0.3) is 0 Å². The molecule has 1 aliphatic rings. The molecule has 1 fully saturated rings. The smallest absolute Gasteiger partial charge is 0.241 e. The van der Waals surface area contributed by atoms with Crippen LogP contribution in [-0.4, -0.2) is 49.5 Å². The van der Waals surface area contributed by atoms with E-state index in [4.69, 9.17) is 0 Å². The third-order valence-corrected chi connectivity index (χ3v) is 4.96. The second-order valence-electron chi connectivity index (χ2n) is 6.89. The van der Waals surface area contributed by atoms with Crippen LogP contribution in [0.3, 0.4) is 0 Å². The third kappa shape index (κ3) is 6.40. The fourth-order valence-corrected chi connectivity index (χ4v) is 3.14. The zero-order valence-electron chi connectivity index (χ0n) is 15.8. The number of carbonyl (C=O) groups excluding carboxylic acids is 1. The number of piperidine rings is 1. The summed E-state index contributed by atoms with van der Waals surface area (Å²) in [6.07, 6.45) is 4.30. The first-order valence-electron chi connectivity index (χ1n) is 9.41. The number of nitrogens with zero attached hydrogens (tertiary/aromatic N) is 2. The molecule has 1 saturated heterocycles. The van der Waals surface area contributed by atoms with Crippen LogP contribution >= 0.6 is 0 Å². The van der Waals surface area contributed by atoms with E-state index in [0.717, 1.165) is 38.8 Å². The van der Waals surface area contributed by atoms with Gasteiger partial charge in [-0.25, -0.2) is 0 Å². The first kappa shape index (κ1) is 19.3. The number of guanidine groups is 1. The molecule has 1 aromatic rings. The molecule has 0 radical (unpaired) electrons. The molecule has 1 atom stereocenters. The quantitative estimate of drug-likeness (QED) is 0.615. The maximum atomic E-state index is 12.4. The molecule has 0 bridgehead atoms. The van der Waals surface area contributed by atoms with Gasteiger partial charge in [0.1, 0.15) is 0 Å². The molecule has 1 amide bonds. The molecule has 0 aliphatic carbocycles. The van der Waals surface area contributed by atoms with Crippen molar-refractivity contribution in [1.29, 1.82) is 0 Å². The minimum absolute atomic E-state index is 0.158. The van der Waals surface area contributed by atoms with Gasteiger partial charge in [-0.2, -0.15) is 0 Å². The highest BCUT2D eigenvalue weighted by Crippen LogP contribution is 2.21. The lowest BCUT2D eigenvalue weighted by Gasteiger charge is -2.32. The van der Waals surface area contributed by atoms with Gasteiger partial charge in [-0.05, 0) is 44.1 Å². The zero-order valence-corrected chi connectivity index (χ0v) is 15.8. The summed E-state index contributed by atoms with van der Waals surface area (Å²) in [4.78, 5) is 18.6. The molecule has 2 N–H and O–H groups in total. The van der Waals surface area contributed by atoms with Crippen molar-refractivity contribution in [3.05, 3.63) is 35.9 Å². The van der Waals surface area contributed by atoms with Crippen molar-refractivity contribution in [3.8, 4) is 0 Å². The molecule has 0 saturated carbocycles. The molecule has 1 unspecified atom stereocenters. The number of rotatable bonds is 6. The van der Waals surface area contributed by atoms with Crippen molar-refractivity contribution in [2.75, 3.05) is 26.7 Å². The Morgan fingerprint density at radius 1 is 1.28 bits per heavy atom. The van der Waals surface area contributed by atoms with Gasteiger partial charge in [0.05, 0.1) is 6.54 Å². The molecule has 1 heterocycles. The average Bonchev–Trinajstić information content (AvgIpc) is 2.66. The van der Waals surface area contributed by atoms with Gasteiger partial charge in [0.25, 0.3) is 0 Å². The number of likely N-dealkylation sites (tertiary alicyclic amines) is 1. The summed E-state index contributed by atoms with van der Waals surface area (Å²) >= 11 is 0. The van der Waals surface area contributed by atoms with E-state index in [2.05, 4.69) is 59.8 Å². The Kier molecular flexibility index (Phi) is 7.76. The van der Waals surface area contributed by atoms with Crippen LogP contribution in [-0.2, 0) is 11.2 Å². The largest absolute Gasteiger partial charge is 0.354 e. The number of aliphatic imine (C=N–C) groups is 1. The standard InChI is InChI=1S/C20H32N4O/c1-4-16(2)23-20(21-3)22-15-19(25)24-12-10-18(11-13-24)14-17-8-6-5-7-9-17/h5-9,16,18H,4,10-15H2,1-3H3,(H2,21,22,23). The van der Waals surface area contributed by atoms with Crippen LogP contribution in [0.15, 0.2) is 35.3 Å². The molecular formula is C20H32N4O. The Balaban J connectivity index is 1.72. The average molecular weight is 345 g/mol. The van der Waals surface area contributed by atoms with Gasteiger partial charge >= 0.3 is 0 Å². The first-order chi connectivity index (χ1) is 12.1. The highest BCUT2D eigenvalue weighted by atomic mass is 16.2. The highest BCUT2D eigenvalue weighted by molar-refractivity contribution is 5.86. The van der Waals surface area contributed by atoms with Crippen LogP contribution in [0.4, 0.5) is 0 Å². The van der Waals surface area contributed by atoms with E-state index in [1.807, 2.05) is 4.90 Å². The summed E-state index contributed by atoms with van der Waals surface area (Å²) in [5.74, 6) is 1.53. The van der Waals surface area contributed by atoms with Gasteiger partial charge in [-0.3, -0.25) is 9.79 Å². The molecule has 0 aromatic heterocycles. The first-order valence-corrected chi connectivity index (χ1v) is 9.41. The number of amides is 1. The molecule has 5 heteroatoms. The maximum absolute atomic E-state index is 12.4. The molecule has 138 valence electrons. The monoisotopic (exact) mass is 344 g/mol. The van der Waals surface area contributed by atoms with Crippen molar-refractivity contribution in [3.63, 3.8) is 0 Å². The normalized spacial score (nSPS) is 17.2. The van der Waals surface area contributed by atoms with Crippen molar-refractivity contribution in [1.82, 2.24) is 15.5 Å².